The molecule has 0 heterocycles. The molecule has 0 saturated carbocycles. The second kappa shape index (κ2) is 13.6. The van der Waals surface area contributed by atoms with Crippen molar-refractivity contribution in [3.05, 3.63) is 88.4 Å². The molecule has 0 aromatic heterocycles. The molecular weight excluding hydrogens is 585 g/mol. The lowest BCUT2D eigenvalue weighted by Gasteiger charge is -2.34. The van der Waals surface area contributed by atoms with Crippen molar-refractivity contribution in [3.63, 3.8) is 0 Å². The van der Waals surface area contributed by atoms with E-state index in [1.165, 1.54) is 4.90 Å². The fourth-order valence-electron chi connectivity index (χ4n) is 4.12. The molecule has 41 heavy (non-hydrogen) atoms. The summed E-state index contributed by atoms with van der Waals surface area (Å²) >= 11 is 12.5. The highest BCUT2D eigenvalue weighted by Crippen LogP contribution is 2.27. The van der Waals surface area contributed by atoms with Gasteiger partial charge in [-0.1, -0.05) is 54.4 Å². The summed E-state index contributed by atoms with van der Waals surface area (Å²) in [5, 5.41) is 3.68. The average molecular weight is 621 g/mol. The van der Waals surface area contributed by atoms with Crippen molar-refractivity contribution in [3.8, 4) is 11.5 Å². The molecule has 220 valence electrons. The number of sulfonamides is 1. The molecule has 0 radical (unpaired) electrons. The van der Waals surface area contributed by atoms with Crippen molar-refractivity contribution in [2.45, 2.75) is 52.2 Å². The van der Waals surface area contributed by atoms with E-state index in [9.17, 15) is 18.0 Å². The number of hydrogen-bond donors (Lipinski definition) is 1. The Morgan fingerprint density at radius 1 is 0.951 bits per heavy atom. The van der Waals surface area contributed by atoms with E-state index in [1.54, 1.807) is 61.5 Å². The maximum atomic E-state index is 13.9. The van der Waals surface area contributed by atoms with E-state index in [-0.39, 0.29) is 18.1 Å². The Hall–Kier alpha value is -3.27. The highest BCUT2D eigenvalue weighted by molar-refractivity contribution is 7.92. The van der Waals surface area contributed by atoms with Gasteiger partial charge >= 0.3 is 0 Å². The Balaban J connectivity index is 1.93. The number of halogens is 2. The average Bonchev–Trinajstić information content (AvgIpc) is 2.88. The van der Waals surface area contributed by atoms with Crippen molar-refractivity contribution >= 4 is 50.7 Å². The first-order valence-electron chi connectivity index (χ1n) is 13.0. The van der Waals surface area contributed by atoms with Crippen LogP contribution in [0.1, 0.15) is 39.7 Å². The van der Waals surface area contributed by atoms with Gasteiger partial charge in [0.1, 0.15) is 24.1 Å². The summed E-state index contributed by atoms with van der Waals surface area (Å²) in [4.78, 5) is 28.5. The number of rotatable bonds is 11. The Kier molecular flexibility index (Phi) is 10.7. The van der Waals surface area contributed by atoms with Gasteiger partial charge in [0.25, 0.3) is 0 Å². The second-order valence-corrected chi connectivity index (χ2v) is 13.3. The molecule has 2 amide bonds. The van der Waals surface area contributed by atoms with Crippen LogP contribution in [0.15, 0.2) is 72.8 Å². The Bertz CT molecular complexity index is 1460. The minimum atomic E-state index is -3.89. The zero-order valence-electron chi connectivity index (χ0n) is 23.7. The maximum absolute atomic E-state index is 13.9. The van der Waals surface area contributed by atoms with E-state index in [0.29, 0.717) is 33.5 Å². The Morgan fingerprint density at radius 3 is 2.10 bits per heavy atom. The van der Waals surface area contributed by atoms with Crippen LogP contribution in [-0.4, -0.2) is 49.5 Å². The second-order valence-electron chi connectivity index (χ2n) is 10.6. The van der Waals surface area contributed by atoms with Crippen molar-refractivity contribution in [2.75, 3.05) is 17.1 Å². The van der Waals surface area contributed by atoms with E-state index in [0.717, 1.165) is 10.6 Å². The van der Waals surface area contributed by atoms with Crippen molar-refractivity contribution < 1.29 is 22.7 Å². The van der Waals surface area contributed by atoms with Gasteiger partial charge in [0, 0.05) is 22.1 Å². The lowest BCUT2D eigenvalue weighted by molar-refractivity contribution is -0.141. The summed E-state index contributed by atoms with van der Waals surface area (Å²) < 4.78 is 32.6. The maximum Gasteiger partial charge on any atom is 0.244 e. The van der Waals surface area contributed by atoms with Crippen molar-refractivity contribution in [2.24, 2.45) is 0 Å². The molecule has 0 spiro atoms. The molecule has 0 saturated heterocycles. The monoisotopic (exact) mass is 619 g/mol. The number of anilines is 1. The quantitative estimate of drug-likeness (QED) is 0.273. The number of amides is 2. The summed E-state index contributed by atoms with van der Waals surface area (Å²) in [6.45, 7) is 6.77. The molecule has 0 fully saturated rings. The van der Waals surface area contributed by atoms with E-state index in [4.69, 9.17) is 27.9 Å². The van der Waals surface area contributed by atoms with Crippen LogP contribution in [-0.2, 0) is 26.2 Å². The normalized spacial score (nSPS) is 12.4. The molecule has 1 N–H and O–H groups in total. The topological polar surface area (TPSA) is 96.0 Å². The van der Waals surface area contributed by atoms with Crippen LogP contribution in [0.25, 0.3) is 0 Å². The molecule has 0 aliphatic heterocycles. The number of carbonyl (C=O) groups is 2. The Morgan fingerprint density at radius 2 is 1.56 bits per heavy atom. The highest BCUT2D eigenvalue weighted by atomic mass is 35.5. The molecule has 0 unspecified atom stereocenters. The van der Waals surface area contributed by atoms with Gasteiger partial charge in [-0.25, -0.2) is 8.42 Å². The van der Waals surface area contributed by atoms with Gasteiger partial charge in [0.05, 0.1) is 11.9 Å². The minimum absolute atomic E-state index is 0.0215. The van der Waals surface area contributed by atoms with Crippen LogP contribution >= 0.6 is 23.2 Å². The number of hydrogen-bond acceptors (Lipinski definition) is 5. The van der Waals surface area contributed by atoms with Gasteiger partial charge in [0.2, 0.25) is 21.8 Å². The largest absolute Gasteiger partial charge is 0.457 e. The zero-order chi connectivity index (χ0) is 30.4. The first-order valence-corrected chi connectivity index (χ1v) is 15.6. The number of para-hydroxylation sites is 1. The van der Waals surface area contributed by atoms with E-state index in [2.05, 4.69) is 5.32 Å². The Labute approximate surface area is 252 Å². The predicted molar refractivity (Wildman–Crippen MR) is 164 cm³/mol. The van der Waals surface area contributed by atoms with E-state index in [1.807, 2.05) is 39.0 Å². The molecule has 11 heteroatoms. The van der Waals surface area contributed by atoms with Gasteiger partial charge in [-0.05, 0) is 81.3 Å². The fraction of sp³-hybridized carbons (Fsp3) is 0.333. The lowest BCUT2D eigenvalue weighted by Crippen LogP contribution is -2.55. The highest BCUT2D eigenvalue weighted by Gasteiger charge is 2.33. The van der Waals surface area contributed by atoms with Gasteiger partial charge in [-0.2, -0.15) is 0 Å². The fourth-order valence-corrected chi connectivity index (χ4v) is 5.44. The van der Waals surface area contributed by atoms with Gasteiger partial charge in [0.15, 0.2) is 0 Å². The third-order valence-corrected chi connectivity index (χ3v) is 7.75. The molecule has 0 aliphatic carbocycles. The summed E-state index contributed by atoms with van der Waals surface area (Å²) in [5.74, 6) is 0.211. The molecule has 3 rings (SSSR count). The van der Waals surface area contributed by atoms with Gasteiger partial charge < -0.3 is 15.0 Å². The third-order valence-electron chi connectivity index (χ3n) is 6.02. The van der Waals surface area contributed by atoms with Crippen LogP contribution in [0.5, 0.6) is 11.5 Å². The van der Waals surface area contributed by atoms with Gasteiger partial charge in [-0.15, -0.1) is 0 Å². The molecule has 0 aliphatic rings. The number of carbonyl (C=O) groups excluding carboxylic acids is 2. The molecular formula is C30H35Cl2N3O5S. The van der Waals surface area contributed by atoms with Gasteiger partial charge in [-0.3, -0.25) is 13.9 Å². The number of nitrogens with zero attached hydrogens (tertiary/aromatic N) is 2. The molecule has 3 aromatic carbocycles. The van der Waals surface area contributed by atoms with E-state index >= 15 is 0 Å². The van der Waals surface area contributed by atoms with Crippen LogP contribution in [0.2, 0.25) is 10.0 Å². The van der Waals surface area contributed by atoms with Crippen LogP contribution in [0.3, 0.4) is 0 Å². The lowest BCUT2D eigenvalue weighted by atomic mass is 10.1. The van der Waals surface area contributed by atoms with E-state index < -0.39 is 34.1 Å². The SMILES string of the molecule is CC[C@@H](C(=O)NC(C)(C)C)N(Cc1ccc(Cl)cc1Cl)C(=O)CN(c1ccc(Oc2ccccc2)cc1)S(C)(=O)=O. The first-order chi connectivity index (χ1) is 19.2. The summed E-state index contributed by atoms with van der Waals surface area (Å²) in [6, 6.07) is 19.5. The molecule has 1 atom stereocenters. The summed E-state index contributed by atoms with van der Waals surface area (Å²) in [6.07, 6.45) is 1.32. The summed E-state index contributed by atoms with van der Waals surface area (Å²) in [7, 11) is -3.89. The zero-order valence-corrected chi connectivity index (χ0v) is 26.1. The number of ether oxygens (including phenoxy) is 1. The standard InChI is InChI=1S/C30H35Cl2N3O5S/c1-6-27(29(37)33-30(2,3)4)34(19-21-12-13-22(31)18-26(21)32)28(36)20-35(41(5,38)39)23-14-16-25(17-15-23)40-24-10-8-7-9-11-24/h7-18,27H,6,19-20H2,1-5H3,(H,33,37)/t27-/m0/s1. The smallest absolute Gasteiger partial charge is 0.244 e. The number of nitrogens with one attached hydrogen (secondary N) is 1. The van der Waals surface area contributed by atoms with Crippen molar-refractivity contribution in [1.29, 1.82) is 0 Å². The first kappa shape index (κ1) is 32.2. The molecule has 8 nitrogen and oxygen atoms in total. The minimum Gasteiger partial charge on any atom is -0.457 e. The van der Waals surface area contributed by atoms with Crippen LogP contribution in [0, 0.1) is 0 Å². The molecule has 3 aromatic rings. The number of benzene rings is 3. The van der Waals surface area contributed by atoms with Crippen molar-refractivity contribution in [1.82, 2.24) is 10.2 Å². The summed E-state index contributed by atoms with van der Waals surface area (Å²) in [5.41, 5.74) is 0.303. The van der Waals surface area contributed by atoms with Crippen LogP contribution < -0.4 is 14.4 Å². The molecule has 0 bridgehead atoms. The predicted octanol–water partition coefficient (Wildman–Crippen LogP) is 6.27. The third kappa shape index (κ3) is 9.38. The van der Waals surface area contributed by atoms with Crippen LogP contribution in [0.4, 0.5) is 5.69 Å².